The first-order valence-corrected chi connectivity index (χ1v) is 7.12. The number of nitrogens with two attached hydrogens (primary N) is 1. The zero-order valence-corrected chi connectivity index (χ0v) is 11.9. The second-order valence-electron chi connectivity index (χ2n) is 5.03. The van der Waals surface area contributed by atoms with Crippen molar-refractivity contribution in [1.82, 2.24) is 19.5 Å². The van der Waals surface area contributed by atoms with Crippen molar-refractivity contribution in [2.45, 2.75) is 38.5 Å². The minimum Gasteiger partial charge on any atom is -0.476 e. The Morgan fingerprint density at radius 2 is 2.33 bits per heavy atom. The van der Waals surface area contributed by atoms with Crippen LogP contribution in [0.25, 0.3) is 11.2 Å². The van der Waals surface area contributed by atoms with Crippen LogP contribution in [0, 0.1) is 0 Å². The van der Waals surface area contributed by atoms with Gasteiger partial charge in [0.15, 0.2) is 11.2 Å². The summed E-state index contributed by atoms with van der Waals surface area (Å²) in [5.41, 5.74) is 6.92. The lowest BCUT2D eigenvalue weighted by Crippen LogP contribution is -2.14. The molecule has 2 atom stereocenters. The molecule has 2 aromatic rings. The first kappa shape index (κ1) is 14.0. The molecule has 3 heterocycles. The van der Waals surface area contributed by atoms with Gasteiger partial charge in [0.25, 0.3) is 0 Å². The Morgan fingerprint density at radius 3 is 3.05 bits per heavy atom. The normalized spacial score (nSPS) is 22.0. The van der Waals surface area contributed by atoms with Crippen molar-refractivity contribution in [3.05, 3.63) is 6.33 Å². The van der Waals surface area contributed by atoms with E-state index in [1.165, 1.54) is 0 Å². The van der Waals surface area contributed by atoms with Crippen molar-refractivity contribution >= 4 is 17.1 Å². The molecular formula is C13H19N5O3. The van der Waals surface area contributed by atoms with E-state index in [1.54, 1.807) is 6.33 Å². The molecule has 0 aliphatic carbocycles. The molecule has 0 saturated carbocycles. The Bertz CT molecular complexity index is 630. The van der Waals surface area contributed by atoms with Crippen LogP contribution in [0.1, 0.15) is 32.4 Å². The highest BCUT2D eigenvalue weighted by Gasteiger charge is 2.28. The van der Waals surface area contributed by atoms with Crippen molar-refractivity contribution in [3.63, 3.8) is 0 Å². The number of rotatable bonds is 5. The SMILES string of the molecule is CCCOc1nc(N)nc2c1ncn2[C@H]1CC[C@@H](CO)O1. The fourth-order valence-corrected chi connectivity index (χ4v) is 2.44. The number of hydrogen-bond acceptors (Lipinski definition) is 7. The summed E-state index contributed by atoms with van der Waals surface area (Å²) in [7, 11) is 0. The lowest BCUT2D eigenvalue weighted by Gasteiger charge is -2.14. The van der Waals surface area contributed by atoms with Gasteiger partial charge in [-0.15, -0.1) is 0 Å². The van der Waals surface area contributed by atoms with Crippen molar-refractivity contribution in [3.8, 4) is 5.88 Å². The third-order valence-corrected chi connectivity index (χ3v) is 3.45. The molecule has 1 aliphatic heterocycles. The van der Waals surface area contributed by atoms with Gasteiger partial charge in [0.05, 0.1) is 25.6 Å². The molecule has 8 heteroatoms. The van der Waals surface area contributed by atoms with Crippen LogP contribution in [-0.4, -0.2) is 43.9 Å². The number of nitrogens with zero attached hydrogens (tertiary/aromatic N) is 4. The molecule has 0 spiro atoms. The molecule has 1 fully saturated rings. The van der Waals surface area contributed by atoms with Crippen molar-refractivity contribution in [1.29, 1.82) is 0 Å². The average Bonchev–Trinajstić information content (AvgIpc) is 3.10. The molecule has 21 heavy (non-hydrogen) atoms. The summed E-state index contributed by atoms with van der Waals surface area (Å²) in [5.74, 6) is 0.543. The number of anilines is 1. The predicted molar refractivity (Wildman–Crippen MR) is 75.8 cm³/mol. The minimum absolute atomic E-state index is 0.0190. The van der Waals surface area contributed by atoms with Gasteiger partial charge in [-0.3, -0.25) is 4.57 Å². The first-order chi connectivity index (χ1) is 10.2. The van der Waals surface area contributed by atoms with Crippen LogP contribution in [0.5, 0.6) is 5.88 Å². The molecule has 1 saturated heterocycles. The Balaban J connectivity index is 1.96. The van der Waals surface area contributed by atoms with Crippen molar-refractivity contribution in [2.24, 2.45) is 0 Å². The molecule has 2 aromatic heterocycles. The Hall–Kier alpha value is -1.93. The van der Waals surface area contributed by atoms with Crippen LogP contribution in [0.4, 0.5) is 5.95 Å². The van der Waals surface area contributed by atoms with Gasteiger partial charge in [-0.05, 0) is 19.3 Å². The number of ether oxygens (including phenoxy) is 2. The van der Waals surface area contributed by atoms with Gasteiger partial charge in [0.1, 0.15) is 6.23 Å². The second kappa shape index (κ2) is 5.82. The number of aliphatic hydroxyl groups is 1. The molecule has 0 amide bonds. The van der Waals surface area contributed by atoms with E-state index in [4.69, 9.17) is 20.3 Å². The molecule has 114 valence electrons. The van der Waals surface area contributed by atoms with E-state index in [0.717, 1.165) is 19.3 Å². The zero-order chi connectivity index (χ0) is 14.8. The minimum atomic E-state index is -0.194. The summed E-state index contributed by atoms with van der Waals surface area (Å²) < 4.78 is 13.2. The van der Waals surface area contributed by atoms with E-state index in [0.29, 0.717) is 23.7 Å². The summed E-state index contributed by atoms with van der Waals surface area (Å²) in [6.45, 7) is 2.58. The van der Waals surface area contributed by atoms with Crippen LogP contribution in [-0.2, 0) is 4.74 Å². The maximum Gasteiger partial charge on any atom is 0.247 e. The molecule has 0 bridgehead atoms. The number of imidazole rings is 1. The van der Waals surface area contributed by atoms with E-state index in [2.05, 4.69) is 15.0 Å². The Kier molecular flexibility index (Phi) is 3.89. The predicted octanol–water partition coefficient (Wildman–Crippen LogP) is 0.867. The summed E-state index contributed by atoms with van der Waals surface area (Å²) >= 11 is 0. The first-order valence-electron chi connectivity index (χ1n) is 7.12. The van der Waals surface area contributed by atoms with Gasteiger partial charge in [-0.2, -0.15) is 9.97 Å². The van der Waals surface area contributed by atoms with Crippen LogP contribution >= 0.6 is 0 Å². The molecule has 3 rings (SSSR count). The van der Waals surface area contributed by atoms with Crippen molar-refractivity contribution < 1.29 is 14.6 Å². The highest BCUT2D eigenvalue weighted by atomic mass is 16.5. The van der Waals surface area contributed by atoms with Crippen molar-refractivity contribution in [2.75, 3.05) is 18.9 Å². The fraction of sp³-hybridized carbons (Fsp3) is 0.615. The second-order valence-corrected chi connectivity index (χ2v) is 5.03. The number of nitrogen functional groups attached to an aromatic ring is 1. The molecule has 1 aliphatic rings. The average molecular weight is 293 g/mol. The molecule has 0 unspecified atom stereocenters. The Labute approximate surface area is 121 Å². The van der Waals surface area contributed by atoms with E-state index >= 15 is 0 Å². The summed E-state index contributed by atoms with van der Waals surface area (Å²) in [6, 6.07) is 0. The monoisotopic (exact) mass is 293 g/mol. The highest BCUT2D eigenvalue weighted by Crippen LogP contribution is 2.32. The maximum atomic E-state index is 9.16. The standard InChI is InChI=1S/C13H19N5O3/c1-2-5-20-12-10-11(16-13(14)17-12)18(7-15-10)9-4-3-8(6-19)21-9/h7-9,19H,2-6H2,1H3,(H2,14,16,17)/t8-,9+/m0/s1. The lowest BCUT2D eigenvalue weighted by molar-refractivity contribution is -0.0207. The summed E-state index contributed by atoms with van der Waals surface area (Å²) in [4.78, 5) is 12.7. The summed E-state index contributed by atoms with van der Waals surface area (Å²) in [6.07, 6.45) is 3.80. The lowest BCUT2D eigenvalue weighted by atomic mass is 10.2. The number of aromatic nitrogens is 4. The van der Waals surface area contributed by atoms with E-state index < -0.39 is 0 Å². The number of aliphatic hydroxyl groups excluding tert-OH is 1. The van der Waals surface area contributed by atoms with Gasteiger partial charge in [-0.25, -0.2) is 4.98 Å². The van der Waals surface area contributed by atoms with E-state index in [-0.39, 0.29) is 24.9 Å². The molecule has 8 nitrogen and oxygen atoms in total. The zero-order valence-electron chi connectivity index (χ0n) is 11.9. The maximum absolute atomic E-state index is 9.16. The van der Waals surface area contributed by atoms with Gasteiger partial charge >= 0.3 is 0 Å². The number of hydrogen-bond donors (Lipinski definition) is 2. The van der Waals surface area contributed by atoms with Crippen LogP contribution in [0.3, 0.4) is 0 Å². The Morgan fingerprint density at radius 1 is 1.48 bits per heavy atom. The quantitative estimate of drug-likeness (QED) is 0.841. The molecule has 0 aromatic carbocycles. The van der Waals surface area contributed by atoms with Gasteiger partial charge in [0, 0.05) is 0 Å². The number of fused-ring (bicyclic) bond motifs is 1. The van der Waals surface area contributed by atoms with Gasteiger partial charge in [-0.1, -0.05) is 6.92 Å². The molecular weight excluding hydrogens is 274 g/mol. The van der Waals surface area contributed by atoms with Crippen LogP contribution < -0.4 is 10.5 Å². The smallest absolute Gasteiger partial charge is 0.247 e. The third-order valence-electron chi connectivity index (χ3n) is 3.45. The topological polar surface area (TPSA) is 108 Å². The fourth-order valence-electron chi connectivity index (χ4n) is 2.44. The highest BCUT2D eigenvalue weighted by molar-refractivity contribution is 5.77. The third kappa shape index (κ3) is 2.64. The molecule has 3 N–H and O–H groups in total. The van der Waals surface area contributed by atoms with Gasteiger partial charge < -0.3 is 20.3 Å². The van der Waals surface area contributed by atoms with E-state index in [9.17, 15) is 0 Å². The van der Waals surface area contributed by atoms with E-state index in [1.807, 2.05) is 11.5 Å². The molecule has 0 radical (unpaired) electrons. The largest absolute Gasteiger partial charge is 0.476 e. The van der Waals surface area contributed by atoms with Gasteiger partial charge in [0.2, 0.25) is 11.8 Å². The summed E-state index contributed by atoms with van der Waals surface area (Å²) in [5, 5.41) is 9.16. The van der Waals surface area contributed by atoms with Crippen LogP contribution in [0.15, 0.2) is 6.33 Å². The van der Waals surface area contributed by atoms with Crippen LogP contribution in [0.2, 0.25) is 0 Å².